The summed E-state index contributed by atoms with van der Waals surface area (Å²) < 4.78 is 0. The summed E-state index contributed by atoms with van der Waals surface area (Å²) in [5, 5.41) is 0. The molecule has 0 nitrogen and oxygen atoms in total. The van der Waals surface area contributed by atoms with Crippen LogP contribution in [0.25, 0.3) is 11.6 Å². The van der Waals surface area contributed by atoms with Gasteiger partial charge in [-0.25, -0.2) is 0 Å². The minimum Gasteiger partial charge on any atom is -0.0882 e. The van der Waals surface area contributed by atoms with Gasteiger partial charge in [-0.2, -0.15) is 0 Å². The van der Waals surface area contributed by atoms with E-state index in [1.54, 1.807) is 0 Å². The quantitative estimate of drug-likeness (QED) is 0.304. The van der Waals surface area contributed by atoms with Crippen molar-refractivity contribution in [3.63, 3.8) is 0 Å². The first-order valence-corrected chi connectivity index (χ1v) is 15.2. The summed E-state index contributed by atoms with van der Waals surface area (Å²) in [6.07, 6.45) is 29.1. The Morgan fingerprint density at radius 2 is 1.55 bits per heavy atom. The fourth-order valence-corrected chi connectivity index (χ4v) is 8.46. The van der Waals surface area contributed by atoms with Gasteiger partial charge in [0, 0.05) is 17.8 Å². The summed E-state index contributed by atoms with van der Waals surface area (Å²) in [7, 11) is 0. The molecule has 0 N–H and O–H groups in total. The van der Waals surface area contributed by atoms with Crippen molar-refractivity contribution in [2.45, 2.75) is 37.5 Å². The molecule has 0 heterocycles. The van der Waals surface area contributed by atoms with Gasteiger partial charge in [0.15, 0.2) is 0 Å². The Morgan fingerprint density at radius 1 is 0.650 bits per heavy atom. The third kappa shape index (κ3) is 3.88. The topological polar surface area (TPSA) is 0 Å². The normalized spacial score (nSPS) is 29.5. The van der Waals surface area contributed by atoms with Crippen molar-refractivity contribution in [1.82, 2.24) is 0 Å². The van der Waals surface area contributed by atoms with Gasteiger partial charge in [-0.15, -0.1) is 0 Å². The predicted molar refractivity (Wildman–Crippen MR) is 168 cm³/mol. The Balaban J connectivity index is 1.24. The average Bonchev–Trinajstić information content (AvgIpc) is 3.03. The highest BCUT2D eigenvalue weighted by Gasteiger charge is 2.45. The lowest BCUT2D eigenvalue weighted by Gasteiger charge is -2.48. The largest absolute Gasteiger partial charge is 0.0882 e. The minimum atomic E-state index is 0.391. The van der Waals surface area contributed by atoms with Crippen molar-refractivity contribution >= 4 is 11.6 Å². The number of fused-ring (bicyclic) bond motifs is 4. The third-order valence-electron chi connectivity index (χ3n) is 10.2. The number of hydrogen-bond acceptors (Lipinski definition) is 0. The molecule has 0 heteroatoms. The molecule has 0 radical (unpaired) electrons. The maximum atomic E-state index is 2.64. The van der Waals surface area contributed by atoms with E-state index >= 15 is 0 Å². The molecule has 40 heavy (non-hydrogen) atoms. The van der Waals surface area contributed by atoms with Crippen LogP contribution < -0.4 is 0 Å². The molecule has 0 aliphatic heterocycles. The van der Waals surface area contributed by atoms with E-state index in [-0.39, 0.29) is 0 Å². The summed E-state index contributed by atoms with van der Waals surface area (Å²) in [4.78, 5) is 0. The first-order valence-electron chi connectivity index (χ1n) is 15.2. The molecular formula is C40H36. The zero-order valence-electron chi connectivity index (χ0n) is 23.0. The summed E-state index contributed by atoms with van der Waals surface area (Å²) in [6, 6.07) is 27.6. The maximum absolute atomic E-state index is 2.64. The van der Waals surface area contributed by atoms with Crippen molar-refractivity contribution in [2.75, 3.05) is 0 Å². The van der Waals surface area contributed by atoms with E-state index in [4.69, 9.17) is 0 Å². The molecule has 5 aliphatic carbocycles. The predicted octanol–water partition coefficient (Wildman–Crippen LogP) is 9.84. The van der Waals surface area contributed by atoms with Crippen LogP contribution in [0.5, 0.6) is 0 Å². The average molecular weight is 517 g/mol. The van der Waals surface area contributed by atoms with Gasteiger partial charge in [0.05, 0.1) is 0 Å². The number of benzene rings is 3. The van der Waals surface area contributed by atoms with Crippen LogP contribution in [0.2, 0.25) is 0 Å². The van der Waals surface area contributed by atoms with Crippen LogP contribution in [0, 0.1) is 23.7 Å². The Bertz CT molecular complexity index is 1620. The van der Waals surface area contributed by atoms with Gasteiger partial charge >= 0.3 is 0 Å². The van der Waals surface area contributed by atoms with E-state index in [0.717, 1.165) is 0 Å². The van der Waals surface area contributed by atoms with Crippen LogP contribution in [0.1, 0.15) is 64.5 Å². The lowest BCUT2D eigenvalue weighted by Crippen LogP contribution is -2.38. The zero-order chi connectivity index (χ0) is 26.5. The highest BCUT2D eigenvalue weighted by atomic mass is 14.5. The van der Waals surface area contributed by atoms with Crippen LogP contribution in [0.4, 0.5) is 0 Å². The number of allylic oxidation sites excluding steroid dienone is 10. The molecule has 0 bridgehead atoms. The lowest BCUT2D eigenvalue weighted by molar-refractivity contribution is 0.202. The molecule has 0 aromatic heterocycles. The second-order valence-corrected chi connectivity index (χ2v) is 12.2. The Labute approximate surface area is 238 Å². The second-order valence-electron chi connectivity index (χ2n) is 12.2. The van der Waals surface area contributed by atoms with Crippen LogP contribution >= 0.6 is 0 Å². The van der Waals surface area contributed by atoms with Gasteiger partial charge in [0.25, 0.3) is 0 Å². The van der Waals surface area contributed by atoms with Gasteiger partial charge in [-0.3, -0.25) is 0 Å². The van der Waals surface area contributed by atoms with E-state index in [1.807, 2.05) is 0 Å². The SMILES string of the molecule is C1=CC2=C(c3ccccc3)c3ccccc3C(C3C=CC(c4ccc5c(c4)C=CCC5)C4C=CCCC43)C2C=C1. The molecule has 196 valence electrons. The number of rotatable bonds is 3. The highest BCUT2D eigenvalue weighted by molar-refractivity contribution is 5.88. The molecular weight excluding hydrogens is 480 g/mol. The summed E-state index contributed by atoms with van der Waals surface area (Å²) >= 11 is 0. The van der Waals surface area contributed by atoms with E-state index in [0.29, 0.717) is 35.5 Å². The van der Waals surface area contributed by atoms with Gasteiger partial charge in [0.2, 0.25) is 0 Å². The molecule has 6 unspecified atom stereocenters. The molecule has 0 amide bonds. The van der Waals surface area contributed by atoms with Crippen LogP contribution in [-0.2, 0) is 6.42 Å². The monoisotopic (exact) mass is 516 g/mol. The standard InChI is InChI=1S/C40H36/c1-2-13-28(14-3-1)39-34-18-8-10-20-36(34)40(37-21-11-9-19-35(37)39)38-25-24-31(32-16-6-7-17-33(32)38)30-23-22-27-12-4-5-15-29(27)26-30/h1-3,5-6,8-11,13-16,18-26,31-33,36,38,40H,4,7,12,17H2. The number of hydrogen-bond donors (Lipinski definition) is 0. The van der Waals surface area contributed by atoms with Crippen LogP contribution in [-0.4, -0.2) is 0 Å². The summed E-state index contributed by atoms with van der Waals surface area (Å²) in [5.74, 6) is 2.99. The zero-order valence-corrected chi connectivity index (χ0v) is 23.0. The van der Waals surface area contributed by atoms with E-state index in [1.165, 1.54) is 70.2 Å². The molecule has 0 saturated carbocycles. The molecule has 8 rings (SSSR count). The van der Waals surface area contributed by atoms with Crippen LogP contribution in [0.15, 0.2) is 133 Å². The summed E-state index contributed by atoms with van der Waals surface area (Å²) in [5.41, 5.74) is 11.6. The third-order valence-corrected chi connectivity index (χ3v) is 10.2. The first-order chi connectivity index (χ1) is 19.9. The van der Waals surface area contributed by atoms with Crippen molar-refractivity contribution in [1.29, 1.82) is 0 Å². The molecule has 0 spiro atoms. The smallest absolute Gasteiger partial charge is 0.0102 e. The van der Waals surface area contributed by atoms with Crippen molar-refractivity contribution in [3.05, 3.63) is 166 Å². The van der Waals surface area contributed by atoms with Crippen molar-refractivity contribution in [3.8, 4) is 0 Å². The Hall–Kier alpha value is -3.90. The first kappa shape index (κ1) is 23.9. The lowest BCUT2D eigenvalue weighted by atomic mass is 9.56. The molecule has 3 aromatic carbocycles. The number of aryl methyl sites for hydroxylation is 1. The van der Waals surface area contributed by atoms with E-state index < -0.39 is 0 Å². The fraction of sp³-hybridized carbons (Fsp3) is 0.250. The van der Waals surface area contributed by atoms with E-state index in [9.17, 15) is 0 Å². The fourth-order valence-electron chi connectivity index (χ4n) is 8.46. The van der Waals surface area contributed by atoms with E-state index in [2.05, 4.69) is 134 Å². The van der Waals surface area contributed by atoms with Crippen LogP contribution in [0.3, 0.4) is 0 Å². The molecule has 6 atom stereocenters. The highest BCUT2D eigenvalue weighted by Crippen LogP contribution is 2.56. The van der Waals surface area contributed by atoms with Gasteiger partial charge in [-0.05, 0) is 88.0 Å². The molecule has 5 aliphatic rings. The Kier molecular flexibility index (Phi) is 5.95. The van der Waals surface area contributed by atoms with Crippen molar-refractivity contribution in [2.24, 2.45) is 23.7 Å². The van der Waals surface area contributed by atoms with Gasteiger partial charge in [0.1, 0.15) is 0 Å². The maximum Gasteiger partial charge on any atom is 0.0102 e. The van der Waals surface area contributed by atoms with Gasteiger partial charge < -0.3 is 0 Å². The minimum absolute atomic E-state index is 0.391. The molecule has 3 aromatic rings. The molecule has 0 saturated heterocycles. The summed E-state index contributed by atoms with van der Waals surface area (Å²) in [6.45, 7) is 0. The molecule has 0 fully saturated rings. The Morgan fingerprint density at radius 3 is 2.50 bits per heavy atom. The second kappa shape index (κ2) is 9.93. The van der Waals surface area contributed by atoms with Gasteiger partial charge in [-0.1, -0.05) is 134 Å². The van der Waals surface area contributed by atoms with Crippen molar-refractivity contribution < 1.29 is 0 Å².